The van der Waals surface area contributed by atoms with Crippen molar-refractivity contribution in [3.8, 4) is 0 Å². The highest BCUT2D eigenvalue weighted by Crippen LogP contribution is 2.23. The zero-order valence-corrected chi connectivity index (χ0v) is 12.5. The van der Waals surface area contributed by atoms with Gasteiger partial charge < -0.3 is 10.2 Å². The van der Waals surface area contributed by atoms with Gasteiger partial charge in [0.15, 0.2) is 0 Å². The third-order valence-corrected chi connectivity index (χ3v) is 4.59. The van der Waals surface area contributed by atoms with Crippen molar-refractivity contribution in [3.05, 3.63) is 29.8 Å². The summed E-state index contributed by atoms with van der Waals surface area (Å²) in [7, 11) is 1.96. The first kappa shape index (κ1) is 14.4. The molecular weight excluding hydrogens is 256 g/mol. The average Bonchev–Trinajstić information content (AvgIpc) is 2.98. The van der Waals surface area contributed by atoms with Gasteiger partial charge in [0.2, 0.25) is 5.91 Å². The summed E-state index contributed by atoms with van der Waals surface area (Å²) in [4.78, 5) is 15.1. The molecule has 1 unspecified atom stereocenters. The standard InChI is InChI=1S/C15H22N2OS/c1-12(16-2)13-6-5-7-14(10-13)19-11-15(18)17-8-3-4-9-17/h5-7,10,12,16H,3-4,8-9,11H2,1-2H3. The number of carbonyl (C=O) groups is 1. The molecule has 1 N–H and O–H groups in total. The van der Waals surface area contributed by atoms with E-state index in [4.69, 9.17) is 0 Å². The van der Waals surface area contributed by atoms with Crippen molar-refractivity contribution in [2.24, 2.45) is 0 Å². The normalized spacial score (nSPS) is 16.6. The largest absolute Gasteiger partial charge is 0.342 e. The monoisotopic (exact) mass is 278 g/mol. The molecule has 0 aliphatic carbocycles. The van der Waals surface area contributed by atoms with Crippen LogP contribution in [0, 0.1) is 0 Å². The van der Waals surface area contributed by atoms with Crippen molar-refractivity contribution in [2.75, 3.05) is 25.9 Å². The Kier molecular flexibility index (Phi) is 5.28. The number of carbonyl (C=O) groups excluding carboxylic acids is 1. The molecule has 1 heterocycles. The van der Waals surface area contributed by atoms with E-state index in [2.05, 4.69) is 36.5 Å². The van der Waals surface area contributed by atoms with E-state index in [1.54, 1.807) is 11.8 Å². The molecule has 0 radical (unpaired) electrons. The Labute approximate surface area is 119 Å². The zero-order valence-electron chi connectivity index (χ0n) is 11.7. The Balaban J connectivity index is 1.90. The molecule has 1 aromatic carbocycles. The van der Waals surface area contributed by atoms with E-state index >= 15 is 0 Å². The van der Waals surface area contributed by atoms with Crippen LogP contribution in [-0.2, 0) is 4.79 Å². The molecule has 1 atom stereocenters. The smallest absolute Gasteiger partial charge is 0.232 e. The van der Waals surface area contributed by atoms with Gasteiger partial charge in [-0.15, -0.1) is 11.8 Å². The number of hydrogen-bond donors (Lipinski definition) is 1. The molecule has 1 amide bonds. The Morgan fingerprint density at radius 1 is 1.42 bits per heavy atom. The fraction of sp³-hybridized carbons (Fsp3) is 0.533. The van der Waals surface area contributed by atoms with Gasteiger partial charge in [-0.25, -0.2) is 0 Å². The third kappa shape index (κ3) is 3.98. The van der Waals surface area contributed by atoms with Crippen LogP contribution in [0.4, 0.5) is 0 Å². The van der Waals surface area contributed by atoms with Crippen LogP contribution in [-0.4, -0.2) is 36.7 Å². The predicted molar refractivity (Wildman–Crippen MR) is 80.5 cm³/mol. The van der Waals surface area contributed by atoms with E-state index < -0.39 is 0 Å². The first-order valence-electron chi connectivity index (χ1n) is 6.88. The van der Waals surface area contributed by atoms with Crippen molar-refractivity contribution in [1.82, 2.24) is 10.2 Å². The van der Waals surface area contributed by atoms with Crippen LogP contribution in [0.2, 0.25) is 0 Å². The first-order valence-corrected chi connectivity index (χ1v) is 7.87. The lowest BCUT2D eigenvalue weighted by molar-refractivity contribution is -0.127. The van der Waals surface area contributed by atoms with Crippen molar-refractivity contribution in [1.29, 1.82) is 0 Å². The van der Waals surface area contributed by atoms with Crippen molar-refractivity contribution >= 4 is 17.7 Å². The molecule has 104 valence electrons. The summed E-state index contributed by atoms with van der Waals surface area (Å²) >= 11 is 1.64. The van der Waals surface area contributed by atoms with Gasteiger partial charge >= 0.3 is 0 Å². The van der Waals surface area contributed by atoms with E-state index in [-0.39, 0.29) is 5.91 Å². The third-order valence-electron chi connectivity index (χ3n) is 3.61. The van der Waals surface area contributed by atoms with Crippen molar-refractivity contribution in [3.63, 3.8) is 0 Å². The van der Waals surface area contributed by atoms with Gasteiger partial charge in [0.05, 0.1) is 5.75 Å². The summed E-state index contributed by atoms with van der Waals surface area (Å²) in [5.41, 5.74) is 1.26. The fourth-order valence-corrected chi connectivity index (χ4v) is 3.11. The van der Waals surface area contributed by atoms with Crippen LogP contribution in [0.25, 0.3) is 0 Å². The number of amides is 1. The topological polar surface area (TPSA) is 32.3 Å². The highest BCUT2D eigenvalue weighted by molar-refractivity contribution is 8.00. The summed E-state index contributed by atoms with van der Waals surface area (Å²) < 4.78 is 0. The van der Waals surface area contributed by atoms with Crippen LogP contribution >= 0.6 is 11.8 Å². The minimum absolute atomic E-state index is 0.273. The minimum atomic E-state index is 0.273. The number of likely N-dealkylation sites (tertiary alicyclic amines) is 1. The minimum Gasteiger partial charge on any atom is -0.342 e. The van der Waals surface area contributed by atoms with Crippen molar-refractivity contribution in [2.45, 2.75) is 30.7 Å². The Bertz CT molecular complexity index is 430. The lowest BCUT2D eigenvalue weighted by atomic mass is 10.1. The fourth-order valence-electron chi connectivity index (χ4n) is 2.24. The highest BCUT2D eigenvalue weighted by atomic mass is 32.2. The molecule has 3 nitrogen and oxygen atoms in total. The first-order chi connectivity index (χ1) is 9.20. The molecule has 0 saturated carbocycles. The SMILES string of the molecule is CNC(C)c1cccc(SCC(=O)N2CCCC2)c1. The number of thioether (sulfide) groups is 1. The van der Waals surface area contributed by atoms with Gasteiger partial charge in [-0.1, -0.05) is 12.1 Å². The zero-order chi connectivity index (χ0) is 13.7. The van der Waals surface area contributed by atoms with Crippen LogP contribution in [0.15, 0.2) is 29.2 Å². The van der Waals surface area contributed by atoms with Gasteiger partial charge in [0.1, 0.15) is 0 Å². The summed E-state index contributed by atoms with van der Waals surface area (Å²) in [6.45, 7) is 4.02. The van der Waals surface area contributed by atoms with Crippen LogP contribution in [0.1, 0.15) is 31.4 Å². The summed E-state index contributed by atoms with van der Waals surface area (Å²) in [5.74, 6) is 0.826. The number of nitrogens with one attached hydrogen (secondary N) is 1. The molecule has 0 bridgehead atoms. The lowest BCUT2D eigenvalue weighted by Gasteiger charge is -2.15. The molecule has 1 fully saturated rings. The molecule has 1 saturated heterocycles. The van der Waals surface area contributed by atoms with Crippen LogP contribution in [0.3, 0.4) is 0 Å². The van der Waals surface area contributed by atoms with E-state index in [9.17, 15) is 4.79 Å². The molecule has 4 heteroatoms. The Hall–Kier alpha value is -1.00. The second-order valence-corrected chi connectivity index (χ2v) is 6.01. The lowest BCUT2D eigenvalue weighted by Crippen LogP contribution is -2.29. The van der Waals surface area contributed by atoms with Gasteiger partial charge in [0.25, 0.3) is 0 Å². The van der Waals surface area contributed by atoms with Gasteiger partial charge in [-0.3, -0.25) is 4.79 Å². The highest BCUT2D eigenvalue weighted by Gasteiger charge is 2.17. The number of rotatable bonds is 5. The summed E-state index contributed by atoms with van der Waals surface area (Å²) in [5, 5.41) is 3.23. The molecule has 2 rings (SSSR count). The van der Waals surface area contributed by atoms with E-state index in [1.807, 2.05) is 11.9 Å². The molecule has 0 spiro atoms. The number of hydrogen-bond acceptors (Lipinski definition) is 3. The molecule has 1 aliphatic rings. The maximum atomic E-state index is 12.0. The Morgan fingerprint density at radius 3 is 2.84 bits per heavy atom. The Morgan fingerprint density at radius 2 is 2.16 bits per heavy atom. The van der Waals surface area contributed by atoms with E-state index in [0.717, 1.165) is 25.9 Å². The molecule has 0 aromatic heterocycles. The predicted octanol–water partition coefficient (Wildman–Crippen LogP) is 2.68. The van der Waals surface area contributed by atoms with Crippen LogP contribution < -0.4 is 5.32 Å². The quantitative estimate of drug-likeness (QED) is 0.841. The van der Waals surface area contributed by atoms with E-state index in [0.29, 0.717) is 11.8 Å². The molecular formula is C15H22N2OS. The van der Waals surface area contributed by atoms with E-state index in [1.165, 1.54) is 10.5 Å². The van der Waals surface area contributed by atoms with Gasteiger partial charge in [-0.05, 0) is 44.5 Å². The molecule has 1 aromatic rings. The molecule has 19 heavy (non-hydrogen) atoms. The maximum absolute atomic E-state index is 12.0. The average molecular weight is 278 g/mol. The number of nitrogens with zero attached hydrogens (tertiary/aromatic N) is 1. The summed E-state index contributed by atoms with van der Waals surface area (Å²) in [6, 6.07) is 8.77. The second kappa shape index (κ2) is 6.96. The maximum Gasteiger partial charge on any atom is 0.232 e. The van der Waals surface area contributed by atoms with Crippen molar-refractivity contribution < 1.29 is 4.79 Å². The van der Waals surface area contributed by atoms with Gasteiger partial charge in [0, 0.05) is 24.0 Å². The summed E-state index contributed by atoms with van der Waals surface area (Å²) in [6.07, 6.45) is 2.32. The van der Waals surface area contributed by atoms with Gasteiger partial charge in [-0.2, -0.15) is 0 Å². The van der Waals surface area contributed by atoms with Crippen LogP contribution in [0.5, 0.6) is 0 Å². The number of benzene rings is 1. The molecule has 1 aliphatic heterocycles. The second-order valence-electron chi connectivity index (χ2n) is 4.96.